The van der Waals surface area contributed by atoms with E-state index >= 15 is 0 Å². The molecule has 126 valence electrons. The lowest BCUT2D eigenvalue weighted by Gasteiger charge is -2.32. The van der Waals surface area contributed by atoms with E-state index in [1.165, 1.54) is 19.3 Å². The summed E-state index contributed by atoms with van der Waals surface area (Å²) in [6, 6.07) is 8.00. The Labute approximate surface area is 138 Å². The van der Waals surface area contributed by atoms with E-state index in [0.717, 1.165) is 24.2 Å². The highest BCUT2D eigenvalue weighted by molar-refractivity contribution is 5.78. The number of unbranched alkanes of at least 4 members (excludes halogenated alkanes) is 3. The van der Waals surface area contributed by atoms with Gasteiger partial charge in [-0.05, 0) is 12.5 Å². The van der Waals surface area contributed by atoms with Crippen LogP contribution in [0.4, 0.5) is 0 Å². The molecule has 1 amide bonds. The van der Waals surface area contributed by atoms with E-state index < -0.39 is 0 Å². The number of nitrogens with zero attached hydrogens (tertiary/aromatic N) is 1. The summed E-state index contributed by atoms with van der Waals surface area (Å²) in [4.78, 5) is 18.6. The minimum atomic E-state index is 0.00513. The van der Waals surface area contributed by atoms with Gasteiger partial charge in [-0.2, -0.15) is 0 Å². The molecule has 0 spiro atoms. The number of benzene rings is 1. The van der Waals surface area contributed by atoms with Crippen molar-refractivity contribution >= 4 is 5.91 Å². The minimum Gasteiger partial charge on any atom is -0.493 e. The molecule has 1 aromatic carbocycles. The molecule has 1 fully saturated rings. The quantitative estimate of drug-likeness (QED) is 0.741. The number of fused-ring (bicyclic) bond motifs is 3. The van der Waals surface area contributed by atoms with Crippen LogP contribution in [0.15, 0.2) is 24.3 Å². The number of carbonyl (C=O) groups excluding carboxylic acids is 1. The topological polar surface area (TPSA) is 38.8 Å². The third kappa shape index (κ3) is 3.37. The number of carbonyl (C=O) groups is 1. The Balaban J connectivity index is 1.68. The molecule has 23 heavy (non-hydrogen) atoms. The van der Waals surface area contributed by atoms with Gasteiger partial charge in [0.2, 0.25) is 5.91 Å². The monoisotopic (exact) mass is 317 g/mol. The first kappa shape index (κ1) is 16.3. The second-order valence-electron chi connectivity index (χ2n) is 6.76. The molecule has 2 aliphatic rings. The zero-order valence-electron chi connectivity index (χ0n) is 14.2. The Morgan fingerprint density at radius 3 is 2.91 bits per heavy atom. The van der Waals surface area contributed by atoms with Crippen molar-refractivity contribution in [2.45, 2.75) is 52.0 Å². The fourth-order valence-corrected chi connectivity index (χ4v) is 3.53. The Morgan fingerprint density at radius 2 is 2.09 bits per heavy atom. The maximum Gasteiger partial charge on any atom is 0.249 e. The van der Waals surface area contributed by atoms with Crippen LogP contribution in [0.25, 0.3) is 0 Å². The lowest BCUT2D eigenvalue weighted by Crippen LogP contribution is -2.37. The molecule has 4 heteroatoms. The predicted molar refractivity (Wildman–Crippen MR) is 88.9 cm³/mol. The van der Waals surface area contributed by atoms with Gasteiger partial charge in [0.1, 0.15) is 5.75 Å². The molecule has 0 unspecified atom stereocenters. The fourth-order valence-electron chi connectivity index (χ4n) is 3.53. The molecule has 4 nitrogen and oxygen atoms in total. The molecule has 1 saturated heterocycles. The number of amides is 1. The first-order valence-electron chi connectivity index (χ1n) is 8.90. The summed E-state index contributed by atoms with van der Waals surface area (Å²) >= 11 is 0. The Bertz CT molecular complexity index is 545. The molecule has 2 heterocycles. The van der Waals surface area contributed by atoms with Gasteiger partial charge in [0.15, 0.2) is 0 Å². The molecule has 0 aliphatic carbocycles. The van der Waals surface area contributed by atoms with Crippen molar-refractivity contribution in [3.05, 3.63) is 29.8 Å². The van der Waals surface area contributed by atoms with E-state index in [1.54, 1.807) is 5.06 Å². The highest BCUT2D eigenvalue weighted by atomic mass is 16.7. The largest absolute Gasteiger partial charge is 0.493 e. The van der Waals surface area contributed by atoms with Gasteiger partial charge in [-0.25, -0.2) is 5.06 Å². The number of rotatable bonds is 6. The van der Waals surface area contributed by atoms with Crippen LogP contribution in [0.2, 0.25) is 0 Å². The molecule has 0 bridgehead atoms. The number of hydrogen-bond acceptors (Lipinski definition) is 3. The summed E-state index contributed by atoms with van der Waals surface area (Å²) in [5.41, 5.74) is 1.08. The second kappa shape index (κ2) is 7.35. The summed E-state index contributed by atoms with van der Waals surface area (Å²) in [5, 5.41) is 1.64. The van der Waals surface area contributed by atoms with Crippen LogP contribution in [0.1, 0.15) is 57.6 Å². The first-order valence-corrected chi connectivity index (χ1v) is 8.90. The van der Waals surface area contributed by atoms with Crippen molar-refractivity contribution in [2.75, 3.05) is 13.2 Å². The SMILES string of the molecule is CCCCCC[C@H](C)C(=O)N1OC[C@@H]2COc3ccccc3[C@@H]21. The Hall–Kier alpha value is -1.55. The molecule has 3 atom stereocenters. The van der Waals surface area contributed by atoms with Crippen molar-refractivity contribution in [1.29, 1.82) is 0 Å². The predicted octanol–water partition coefficient (Wildman–Crippen LogP) is 4.12. The average molecular weight is 317 g/mol. The van der Waals surface area contributed by atoms with E-state index in [2.05, 4.69) is 6.92 Å². The third-order valence-electron chi connectivity index (χ3n) is 4.95. The van der Waals surface area contributed by atoms with Gasteiger partial charge in [0, 0.05) is 17.4 Å². The molecule has 0 saturated carbocycles. The maximum atomic E-state index is 12.8. The highest BCUT2D eigenvalue weighted by Gasteiger charge is 2.44. The van der Waals surface area contributed by atoms with Crippen molar-refractivity contribution in [3.63, 3.8) is 0 Å². The summed E-state index contributed by atoms with van der Waals surface area (Å²) in [6.45, 7) is 5.41. The van der Waals surface area contributed by atoms with Gasteiger partial charge in [0.05, 0.1) is 19.3 Å². The molecule has 3 rings (SSSR count). The van der Waals surface area contributed by atoms with Crippen LogP contribution in [0, 0.1) is 11.8 Å². The van der Waals surface area contributed by atoms with Gasteiger partial charge in [-0.1, -0.05) is 57.7 Å². The average Bonchev–Trinajstić information content (AvgIpc) is 3.02. The van der Waals surface area contributed by atoms with E-state index in [-0.39, 0.29) is 23.8 Å². The van der Waals surface area contributed by atoms with E-state index in [0.29, 0.717) is 13.2 Å². The Kier molecular flexibility index (Phi) is 5.21. The van der Waals surface area contributed by atoms with Crippen LogP contribution in [0.3, 0.4) is 0 Å². The second-order valence-corrected chi connectivity index (χ2v) is 6.76. The zero-order chi connectivity index (χ0) is 16.2. The van der Waals surface area contributed by atoms with E-state index in [4.69, 9.17) is 9.57 Å². The van der Waals surface area contributed by atoms with E-state index in [9.17, 15) is 4.79 Å². The lowest BCUT2D eigenvalue weighted by atomic mass is 9.91. The van der Waals surface area contributed by atoms with Crippen LogP contribution in [-0.2, 0) is 9.63 Å². The van der Waals surface area contributed by atoms with Gasteiger partial charge in [0.25, 0.3) is 0 Å². The minimum absolute atomic E-state index is 0.00513. The van der Waals surface area contributed by atoms with Gasteiger partial charge in [-0.3, -0.25) is 9.63 Å². The summed E-state index contributed by atoms with van der Waals surface area (Å²) in [5.74, 6) is 1.25. The standard InChI is InChI=1S/C19H27NO3/c1-3-4-5-6-9-14(2)19(21)20-18-15(13-23-20)12-22-17-11-8-7-10-16(17)18/h7-8,10-11,14-15,18H,3-6,9,12-13H2,1-2H3/t14-,15-,18+/m0/s1. The summed E-state index contributed by atoms with van der Waals surface area (Å²) in [7, 11) is 0. The van der Waals surface area contributed by atoms with Gasteiger partial charge < -0.3 is 4.74 Å². The Morgan fingerprint density at radius 1 is 1.26 bits per heavy atom. The number of para-hydroxylation sites is 1. The van der Waals surface area contributed by atoms with Gasteiger partial charge >= 0.3 is 0 Å². The number of ether oxygens (including phenoxy) is 1. The summed E-state index contributed by atoms with van der Waals surface area (Å²) < 4.78 is 5.80. The van der Waals surface area contributed by atoms with E-state index in [1.807, 2.05) is 31.2 Å². The van der Waals surface area contributed by atoms with Crippen LogP contribution >= 0.6 is 0 Å². The molecule has 1 aromatic rings. The smallest absolute Gasteiger partial charge is 0.249 e. The van der Waals surface area contributed by atoms with Crippen LogP contribution < -0.4 is 4.74 Å². The molecular formula is C19H27NO3. The number of hydrogen-bond donors (Lipinski definition) is 0. The van der Waals surface area contributed by atoms with Crippen molar-refractivity contribution in [2.24, 2.45) is 11.8 Å². The molecule has 0 radical (unpaired) electrons. The third-order valence-corrected chi connectivity index (χ3v) is 4.95. The molecular weight excluding hydrogens is 290 g/mol. The van der Waals surface area contributed by atoms with Crippen molar-refractivity contribution in [3.8, 4) is 5.75 Å². The van der Waals surface area contributed by atoms with Crippen molar-refractivity contribution < 1.29 is 14.4 Å². The first-order chi connectivity index (χ1) is 11.2. The zero-order valence-corrected chi connectivity index (χ0v) is 14.2. The molecule has 2 aliphatic heterocycles. The number of hydroxylamine groups is 2. The maximum absolute atomic E-state index is 12.8. The highest BCUT2D eigenvalue weighted by Crippen LogP contribution is 2.43. The molecule has 0 N–H and O–H groups in total. The summed E-state index contributed by atoms with van der Waals surface area (Å²) in [6.07, 6.45) is 5.73. The van der Waals surface area contributed by atoms with Crippen LogP contribution in [-0.4, -0.2) is 24.2 Å². The van der Waals surface area contributed by atoms with Crippen molar-refractivity contribution in [1.82, 2.24) is 5.06 Å². The normalized spacial score (nSPS) is 23.8. The fraction of sp³-hybridized carbons (Fsp3) is 0.632. The van der Waals surface area contributed by atoms with Gasteiger partial charge in [-0.15, -0.1) is 0 Å². The van der Waals surface area contributed by atoms with Crippen LogP contribution in [0.5, 0.6) is 5.75 Å². The molecule has 0 aromatic heterocycles. The lowest BCUT2D eigenvalue weighted by molar-refractivity contribution is -0.181.